The zero-order valence-corrected chi connectivity index (χ0v) is 18.8. The van der Waals surface area contributed by atoms with Gasteiger partial charge in [-0.2, -0.15) is 0 Å². The van der Waals surface area contributed by atoms with Crippen molar-refractivity contribution in [3.8, 4) is 43.1 Å². The molecule has 0 aliphatic rings. The number of hydrogen-bond donors (Lipinski definition) is 0. The fraction of sp³-hybridized carbons (Fsp3) is 0. The molecule has 0 spiro atoms. The zero-order valence-electron chi connectivity index (χ0n) is 18.0. The lowest BCUT2D eigenvalue weighted by atomic mass is 9.96. The third-order valence-electron chi connectivity index (χ3n) is 6.03. The minimum absolute atomic E-state index is 1.16. The van der Waals surface area contributed by atoms with Gasteiger partial charge in [-0.25, -0.2) is 0 Å². The summed E-state index contributed by atoms with van der Waals surface area (Å²) in [7, 11) is 0. The van der Waals surface area contributed by atoms with E-state index in [1.807, 2.05) is 23.7 Å². The van der Waals surface area contributed by atoms with Gasteiger partial charge in [-0.15, -0.1) is 11.3 Å². The smallest absolute Gasteiger partial charge is 0.0435 e. The SMILES string of the molecule is c1ccc(-c2ccccc2-c2sc(-c3ccncc3-c3ccccc3)c3ccccc23)cc1. The molecule has 0 unspecified atom stereocenters. The van der Waals surface area contributed by atoms with Gasteiger partial charge < -0.3 is 0 Å². The summed E-state index contributed by atoms with van der Waals surface area (Å²) in [6.07, 6.45) is 3.88. The number of aromatic nitrogens is 1. The summed E-state index contributed by atoms with van der Waals surface area (Å²) in [6, 6.07) is 40.8. The monoisotopic (exact) mass is 439 g/mol. The Morgan fingerprint density at radius 3 is 1.55 bits per heavy atom. The van der Waals surface area contributed by atoms with Crippen molar-refractivity contribution < 1.29 is 0 Å². The van der Waals surface area contributed by atoms with Crippen LogP contribution in [0, 0.1) is 0 Å². The second-order valence-electron chi connectivity index (χ2n) is 8.00. The van der Waals surface area contributed by atoms with E-state index in [-0.39, 0.29) is 0 Å². The number of pyridine rings is 1. The van der Waals surface area contributed by atoms with E-state index in [1.54, 1.807) is 0 Å². The first kappa shape index (κ1) is 19.7. The molecule has 0 saturated heterocycles. The molecule has 6 rings (SSSR count). The molecule has 33 heavy (non-hydrogen) atoms. The van der Waals surface area contributed by atoms with E-state index < -0.39 is 0 Å². The lowest BCUT2D eigenvalue weighted by Gasteiger charge is -2.09. The van der Waals surface area contributed by atoms with Gasteiger partial charge in [-0.3, -0.25) is 4.98 Å². The van der Waals surface area contributed by atoms with Crippen molar-refractivity contribution in [1.29, 1.82) is 0 Å². The lowest BCUT2D eigenvalue weighted by Crippen LogP contribution is -1.85. The van der Waals surface area contributed by atoms with Crippen molar-refractivity contribution in [2.45, 2.75) is 0 Å². The minimum Gasteiger partial charge on any atom is -0.264 e. The number of rotatable bonds is 4. The minimum atomic E-state index is 1.16. The molecule has 0 radical (unpaired) electrons. The summed E-state index contributed by atoms with van der Waals surface area (Å²) in [5, 5.41) is 2.57. The summed E-state index contributed by atoms with van der Waals surface area (Å²) in [6.45, 7) is 0. The summed E-state index contributed by atoms with van der Waals surface area (Å²) in [5.41, 5.74) is 7.33. The molecule has 0 amide bonds. The number of hydrogen-bond acceptors (Lipinski definition) is 2. The van der Waals surface area contributed by atoms with Gasteiger partial charge in [0.2, 0.25) is 0 Å². The predicted octanol–water partition coefficient (Wildman–Crippen LogP) is 8.96. The zero-order chi connectivity index (χ0) is 22.0. The first-order valence-electron chi connectivity index (χ1n) is 11.1. The molecule has 0 bridgehead atoms. The molecule has 0 aliphatic heterocycles. The molecule has 2 heteroatoms. The summed E-state index contributed by atoms with van der Waals surface area (Å²) < 4.78 is 0. The van der Waals surface area contributed by atoms with E-state index in [2.05, 4.69) is 120 Å². The third kappa shape index (κ3) is 3.55. The predicted molar refractivity (Wildman–Crippen MR) is 141 cm³/mol. The fourth-order valence-electron chi connectivity index (χ4n) is 4.48. The lowest BCUT2D eigenvalue weighted by molar-refractivity contribution is 1.33. The van der Waals surface area contributed by atoms with Gasteiger partial charge in [0.05, 0.1) is 0 Å². The van der Waals surface area contributed by atoms with Crippen LogP contribution >= 0.6 is 11.3 Å². The average Bonchev–Trinajstić information content (AvgIpc) is 3.29. The molecule has 156 valence electrons. The molecule has 1 nitrogen and oxygen atoms in total. The van der Waals surface area contributed by atoms with Gasteiger partial charge in [0.1, 0.15) is 0 Å². The second kappa shape index (κ2) is 8.50. The maximum atomic E-state index is 4.45. The van der Waals surface area contributed by atoms with Crippen LogP contribution in [-0.4, -0.2) is 4.98 Å². The van der Waals surface area contributed by atoms with Crippen molar-refractivity contribution in [1.82, 2.24) is 4.98 Å². The van der Waals surface area contributed by atoms with Crippen LogP contribution in [0.2, 0.25) is 0 Å². The first-order valence-corrected chi connectivity index (χ1v) is 11.9. The highest BCUT2D eigenvalue weighted by Crippen LogP contribution is 2.48. The summed E-state index contributed by atoms with van der Waals surface area (Å²) >= 11 is 1.87. The first-order chi connectivity index (χ1) is 16.4. The molecule has 0 atom stereocenters. The average molecular weight is 440 g/mol. The number of thiophene rings is 1. The van der Waals surface area contributed by atoms with Crippen LogP contribution in [0.5, 0.6) is 0 Å². The molecule has 4 aromatic carbocycles. The number of nitrogens with zero attached hydrogens (tertiary/aromatic N) is 1. The highest BCUT2D eigenvalue weighted by atomic mass is 32.1. The van der Waals surface area contributed by atoms with Crippen LogP contribution in [0.25, 0.3) is 53.9 Å². The molecule has 0 aliphatic carbocycles. The molecule has 2 aromatic heterocycles. The van der Waals surface area contributed by atoms with Crippen LogP contribution in [0.1, 0.15) is 0 Å². The molecular weight excluding hydrogens is 418 g/mol. The Bertz CT molecular complexity index is 1430. The Labute approximate surface area is 197 Å². The van der Waals surface area contributed by atoms with E-state index in [4.69, 9.17) is 0 Å². The Morgan fingerprint density at radius 2 is 0.909 bits per heavy atom. The van der Waals surface area contributed by atoms with E-state index in [9.17, 15) is 0 Å². The van der Waals surface area contributed by atoms with Crippen LogP contribution in [0.4, 0.5) is 0 Å². The Morgan fingerprint density at radius 1 is 0.424 bits per heavy atom. The van der Waals surface area contributed by atoms with E-state index in [0.29, 0.717) is 0 Å². The van der Waals surface area contributed by atoms with Crippen LogP contribution < -0.4 is 0 Å². The molecule has 0 saturated carbocycles. The maximum absolute atomic E-state index is 4.45. The van der Waals surface area contributed by atoms with Crippen molar-refractivity contribution in [2.24, 2.45) is 0 Å². The molecule has 2 heterocycles. The van der Waals surface area contributed by atoms with Gasteiger partial charge >= 0.3 is 0 Å². The van der Waals surface area contributed by atoms with E-state index in [0.717, 1.165) is 5.56 Å². The topological polar surface area (TPSA) is 12.9 Å². The molecule has 0 N–H and O–H groups in total. The standard InChI is InChI=1S/C31H21NS/c1-3-11-22(12-4-1)24-15-7-8-16-25(24)30-26-17-9-10-18-27(26)31(33-30)28-19-20-32-21-29(28)23-13-5-2-6-14-23/h1-21H. The van der Waals surface area contributed by atoms with Gasteiger partial charge in [0.25, 0.3) is 0 Å². The van der Waals surface area contributed by atoms with E-state index in [1.165, 1.54) is 48.3 Å². The number of benzene rings is 4. The largest absolute Gasteiger partial charge is 0.264 e. The fourth-order valence-corrected chi connectivity index (χ4v) is 5.84. The van der Waals surface area contributed by atoms with Crippen molar-refractivity contribution in [3.63, 3.8) is 0 Å². The Hall–Kier alpha value is -4.01. The van der Waals surface area contributed by atoms with Gasteiger partial charge in [0.15, 0.2) is 0 Å². The van der Waals surface area contributed by atoms with Crippen LogP contribution in [0.3, 0.4) is 0 Å². The molecular formula is C31H21NS. The normalized spacial score (nSPS) is 11.0. The second-order valence-corrected chi connectivity index (χ2v) is 9.03. The summed E-state index contributed by atoms with van der Waals surface area (Å²) in [4.78, 5) is 7.03. The quantitative estimate of drug-likeness (QED) is 0.267. The van der Waals surface area contributed by atoms with Crippen LogP contribution in [0.15, 0.2) is 128 Å². The van der Waals surface area contributed by atoms with Gasteiger partial charge in [0, 0.05) is 49.6 Å². The highest BCUT2D eigenvalue weighted by Gasteiger charge is 2.19. The van der Waals surface area contributed by atoms with Crippen molar-refractivity contribution >= 4 is 22.1 Å². The third-order valence-corrected chi connectivity index (χ3v) is 7.32. The van der Waals surface area contributed by atoms with E-state index >= 15 is 0 Å². The maximum Gasteiger partial charge on any atom is 0.0435 e. The van der Waals surface area contributed by atoms with Gasteiger partial charge in [-0.1, -0.05) is 109 Å². The van der Waals surface area contributed by atoms with Gasteiger partial charge in [-0.05, 0) is 22.8 Å². The van der Waals surface area contributed by atoms with Crippen molar-refractivity contribution in [3.05, 3.63) is 128 Å². The molecule has 0 fully saturated rings. The Kier molecular flexibility index (Phi) is 5.06. The number of fused-ring (bicyclic) bond motifs is 1. The Balaban J connectivity index is 1.61. The summed E-state index contributed by atoms with van der Waals surface area (Å²) in [5.74, 6) is 0. The molecule has 6 aromatic rings. The van der Waals surface area contributed by atoms with Crippen molar-refractivity contribution in [2.75, 3.05) is 0 Å². The van der Waals surface area contributed by atoms with Crippen LogP contribution in [-0.2, 0) is 0 Å². The highest BCUT2D eigenvalue weighted by molar-refractivity contribution is 7.21.